The van der Waals surface area contributed by atoms with Gasteiger partial charge in [-0.15, -0.1) is 0 Å². The molecule has 1 fully saturated rings. The molecule has 1 rings (SSSR count). The van der Waals surface area contributed by atoms with Crippen molar-refractivity contribution in [2.24, 2.45) is 0 Å². The molecule has 5 heteroatoms. The van der Waals surface area contributed by atoms with Gasteiger partial charge in [0.2, 0.25) is 0 Å². The van der Waals surface area contributed by atoms with Crippen molar-refractivity contribution in [2.75, 3.05) is 39.8 Å². The summed E-state index contributed by atoms with van der Waals surface area (Å²) in [5, 5.41) is 12.5. The second-order valence-electron chi connectivity index (χ2n) is 6.27. The quantitative estimate of drug-likeness (QED) is 0.737. The minimum absolute atomic E-state index is 0.553. The largest absolute Gasteiger partial charge is 0.480 e. The first-order valence-electron chi connectivity index (χ1n) is 7.80. The van der Waals surface area contributed by atoms with Gasteiger partial charge < -0.3 is 15.3 Å². The van der Waals surface area contributed by atoms with Crippen LogP contribution in [0.5, 0.6) is 0 Å². The number of aliphatic carboxylic acids is 1. The van der Waals surface area contributed by atoms with Crippen molar-refractivity contribution in [3.05, 3.63) is 0 Å². The van der Waals surface area contributed by atoms with E-state index in [-0.39, 0.29) is 0 Å². The number of likely N-dealkylation sites (N-methyl/N-ethyl adjacent to an activating group) is 2. The number of nitrogens with zero attached hydrogens (tertiary/aromatic N) is 2. The molecule has 5 nitrogen and oxygen atoms in total. The van der Waals surface area contributed by atoms with Crippen molar-refractivity contribution < 1.29 is 9.90 Å². The third-order valence-electron chi connectivity index (χ3n) is 4.35. The lowest BCUT2D eigenvalue weighted by Gasteiger charge is -2.30. The Morgan fingerprint density at radius 3 is 2.75 bits per heavy atom. The van der Waals surface area contributed by atoms with E-state index in [1.807, 2.05) is 6.92 Å². The molecule has 118 valence electrons. The van der Waals surface area contributed by atoms with E-state index in [1.165, 1.54) is 6.42 Å². The van der Waals surface area contributed by atoms with Crippen LogP contribution in [-0.4, -0.2) is 72.2 Å². The lowest BCUT2D eigenvalue weighted by Crippen LogP contribution is -2.50. The van der Waals surface area contributed by atoms with Crippen LogP contribution < -0.4 is 5.32 Å². The summed E-state index contributed by atoms with van der Waals surface area (Å²) in [7, 11) is 2.17. The van der Waals surface area contributed by atoms with E-state index >= 15 is 0 Å². The highest BCUT2D eigenvalue weighted by atomic mass is 16.4. The van der Waals surface area contributed by atoms with Crippen LogP contribution in [0.1, 0.15) is 40.0 Å². The fraction of sp³-hybridized carbons (Fsp3) is 0.933. The Labute approximate surface area is 123 Å². The maximum atomic E-state index is 11.4. The van der Waals surface area contributed by atoms with Crippen molar-refractivity contribution in [3.63, 3.8) is 0 Å². The zero-order valence-electron chi connectivity index (χ0n) is 13.5. The molecule has 1 aliphatic rings. The van der Waals surface area contributed by atoms with Gasteiger partial charge in [-0.05, 0) is 66.3 Å². The SMILES string of the molecule is CCNC(C)(CCCN1CCCN(C)CC1C)C(=O)O. The first-order valence-corrected chi connectivity index (χ1v) is 7.80. The number of carboxylic acids is 1. The second kappa shape index (κ2) is 7.96. The maximum Gasteiger partial charge on any atom is 0.323 e. The number of nitrogens with one attached hydrogen (secondary N) is 1. The van der Waals surface area contributed by atoms with E-state index in [9.17, 15) is 9.90 Å². The molecule has 2 unspecified atom stereocenters. The van der Waals surface area contributed by atoms with Gasteiger partial charge in [0.05, 0.1) is 0 Å². The first kappa shape index (κ1) is 17.4. The standard InChI is InChI=1S/C15H31N3O2/c1-5-16-15(3,14(19)20)8-6-10-18-11-7-9-17(4)12-13(18)2/h13,16H,5-12H2,1-4H3,(H,19,20). The van der Waals surface area contributed by atoms with Gasteiger partial charge in [-0.1, -0.05) is 6.92 Å². The lowest BCUT2D eigenvalue weighted by molar-refractivity contribution is -0.144. The average molecular weight is 285 g/mol. The van der Waals surface area contributed by atoms with Crippen LogP contribution in [0.3, 0.4) is 0 Å². The molecule has 0 aliphatic carbocycles. The van der Waals surface area contributed by atoms with Crippen LogP contribution in [0.15, 0.2) is 0 Å². The predicted molar refractivity (Wildman–Crippen MR) is 82.1 cm³/mol. The number of carboxylic acid groups (broad SMARTS) is 1. The number of rotatable bonds is 7. The van der Waals surface area contributed by atoms with Gasteiger partial charge in [0.15, 0.2) is 0 Å². The zero-order chi connectivity index (χ0) is 15.2. The Balaban J connectivity index is 2.43. The molecule has 0 spiro atoms. The Morgan fingerprint density at radius 1 is 1.45 bits per heavy atom. The van der Waals surface area contributed by atoms with Crippen molar-refractivity contribution in [1.29, 1.82) is 0 Å². The summed E-state index contributed by atoms with van der Waals surface area (Å²) < 4.78 is 0. The summed E-state index contributed by atoms with van der Waals surface area (Å²) >= 11 is 0. The summed E-state index contributed by atoms with van der Waals surface area (Å²) in [5.74, 6) is -0.747. The molecular formula is C15H31N3O2. The van der Waals surface area contributed by atoms with Crippen LogP contribution in [0, 0.1) is 0 Å². The number of carbonyl (C=O) groups is 1. The van der Waals surface area contributed by atoms with Gasteiger partial charge in [-0.3, -0.25) is 9.69 Å². The maximum absolute atomic E-state index is 11.4. The van der Waals surface area contributed by atoms with Gasteiger partial charge in [0.1, 0.15) is 5.54 Å². The molecule has 1 heterocycles. The summed E-state index contributed by atoms with van der Waals surface area (Å²) in [4.78, 5) is 16.3. The summed E-state index contributed by atoms with van der Waals surface area (Å²) in [5.41, 5.74) is -0.791. The Bertz CT molecular complexity index is 311. The topological polar surface area (TPSA) is 55.8 Å². The molecule has 20 heavy (non-hydrogen) atoms. The Kier molecular flexibility index (Phi) is 6.92. The van der Waals surface area contributed by atoms with Crippen molar-refractivity contribution >= 4 is 5.97 Å². The highest BCUT2D eigenvalue weighted by molar-refractivity contribution is 5.78. The average Bonchev–Trinajstić information content (AvgIpc) is 2.51. The molecule has 0 radical (unpaired) electrons. The predicted octanol–water partition coefficient (Wildman–Crippen LogP) is 1.25. The third kappa shape index (κ3) is 5.04. The molecule has 2 atom stereocenters. The number of hydrogen-bond donors (Lipinski definition) is 2. The zero-order valence-corrected chi connectivity index (χ0v) is 13.5. The van der Waals surface area contributed by atoms with Gasteiger partial charge in [0, 0.05) is 12.6 Å². The molecular weight excluding hydrogens is 254 g/mol. The second-order valence-corrected chi connectivity index (χ2v) is 6.27. The van der Waals surface area contributed by atoms with E-state index in [0.29, 0.717) is 19.0 Å². The van der Waals surface area contributed by atoms with Gasteiger partial charge in [-0.25, -0.2) is 0 Å². The fourth-order valence-corrected chi connectivity index (χ4v) is 3.05. The van der Waals surface area contributed by atoms with E-state index < -0.39 is 11.5 Å². The van der Waals surface area contributed by atoms with E-state index in [4.69, 9.17) is 0 Å². The lowest BCUT2D eigenvalue weighted by atomic mass is 9.95. The van der Waals surface area contributed by atoms with Crippen LogP contribution in [-0.2, 0) is 4.79 Å². The highest BCUT2D eigenvalue weighted by Crippen LogP contribution is 2.15. The van der Waals surface area contributed by atoms with Crippen LogP contribution in [0.25, 0.3) is 0 Å². The molecule has 0 aromatic carbocycles. The molecule has 0 aromatic heterocycles. The fourth-order valence-electron chi connectivity index (χ4n) is 3.05. The summed E-state index contributed by atoms with van der Waals surface area (Å²) in [6.45, 7) is 11.1. The molecule has 1 aliphatic heterocycles. The van der Waals surface area contributed by atoms with Crippen molar-refractivity contribution in [3.8, 4) is 0 Å². The van der Waals surface area contributed by atoms with Crippen molar-refractivity contribution in [1.82, 2.24) is 15.1 Å². The summed E-state index contributed by atoms with van der Waals surface area (Å²) in [6, 6.07) is 0.553. The van der Waals surface area contributed by atoms with E-state index in [0.717, 1.165) is 32.6 Å². The first-order chi connectivity index (χ1) is 9.39. The van der Waals surface area contributed by atoms with Crippen molar-refractivity contribution in [2.45, 2.75) is 51.6 Å². The van der Waals surface area contributed by atoms with E-state index in [2.05, 4.69) is 29.1 Å². The normalized spacial score (nSPS) is 25.1. The van der Waals surface area contributed by atoms with Crippen LogP contribution >= 0.6 is 0 Å². The summed E-state index contributed by atoms with van der Waals surface area (Å²) in [6.07, 6.45) is 2.79. The number of hydrogen-bond acceptors (Lipinski definition) is 4. The molecule has 0 bridgehead atoms. The van der Waals surface area contributed by atoms with E-state index in [1.54, 1.807) is 6.92 Å². The smallest absolute Gasteiger partial charge is 0.323 e. The molecule has 0 aromatic rings. The Morgan fingerprint density at radius 2 is 2.15 bits per heavy atom. The minimum atomic E-state index is -0.791. The monoisotopic (exact) mass is 285 g/mol. The molecule has 0 amide bonds. The molecule has 0 saturated carbocycles. The molecule has 1 saturated heterocycles. The third-order valence-corrected chi connectivity index (χ3v) is 4.35. The van der Waals surface area contributed by atoms with Crippen LogP contribution in [0.4, 0.5) is 0 Å². The highest BCUT2D eigenvalue weighted by Gasteiger charge is 2.31. The Hall–Kier alpha value is -0.650. The van der Waals surface area contributed by atoms with Gasteiger partial charge >= 0.3 is 5.97 Å². The van der Waals surface area contributed by atoms with Gasteiger partial charge in [-0.2, -0.15) is 0 Å². The minimum Gasteiger partial charge on any atom is -0.480 e. The molecule has 2 N–H and O–H groups in total. The van der Waals surface area contributed by atoms with Crippen LogP contribution in [0.2, 0.25) is 0 Å². The van der Waals surface area contributed by atoms with Gasteiger partial charge in [0.25, 0.3) is 0 Å².